The fraction of sp³-hybridized carbons (Fsp3) is 0.136. The summed E-state index contributed by atoms with van der Waals surface area (Å²) in [6.07, 6.45) is 0. The molecule has 3 aromatic carbocycles. The van der Waals surface area contributed by atoms with E-state index in [1.165, 1.54) is 0 Å². The average molecular weight is 377 g/mol. The first-order chi connectivity index (χ1) is 12.9. The second kappa shape index (κ2) is 6.35. The Bertz CT molecular complexity index is 1090. The van der Waals surface area contributed by atoms with Crippen LogP contribution in [0.4, 0.5) is 11.4 Å². The third-order valence-corrected chi connectivity index (χ3v) is 6.96. The highest BCUT2D eigenvalue weighted by Gasteiger charge is 2.50. The molecule has 3 aromatic rings. The summed E-state index contributed by atoms with van der Waals surface area (Å²) in [6.45, 7) is 1.72. The van der Waals surface area contributed by atoms with Gasteiger partial charge in [0.2, 0.25) is 5.91 Å². The Kier molecular flexibility index (Phi) is 4.12. The Balaban J connectivity index is 1.82. The van der Waals surface area contributed by atoms with E-state index in [0.717, 1.165) is 16.9 Å². The molecule has 0 aliphatic carbocycles. The van der Waals surface area contributed by atoms with Gasteiger partial charge in [0.05, 0.1) is 21.8 Å². The fourth-order valence-corrected chi connectivity index (χ4v) is 5.45. The van der Waals surface area contributed by atoms with Crippen molar-refractivity contribution in [2.24, 2.45) is 0 Å². The van der Waals surface area contributed by atoms with E-state index in [-0.39, 0.29) is 16.6 Å². The third-order valence-electron chi connectivity index (χ3n) is 5.01. The first-order valence-electron chi connectivity index (χ1n) is 8.70. The van der Waals surface area contributed by atoms with E-state index in [9.17, 15) is 13.2 Å². The molecule has 0 N–H and O–H groups in total. The number of sulfone groups is 1. The summed E-state index contributed by atoms with van der Waals surface area (Å²) >= 11 is 0. The first-order valence-corrected chi connectivity index (χ1v) is 10.4. The zero-order valence-electron chi connectivity index (χ0n) is 14.9. The van der Waals surface area contributed by atoms with Crippen LogP contribution in [0.2, 0.25) is 0 Å². The maximum Gasteiger partial charge on any atom is 0.243 e. The minimum absolute atomic E-state index is 0.227. The summed E-state index contributed by atoms with van der Waals surface area (Å²) in [5, 5.41) is 0. The van der Waals surface area contributed by atoms with Gasteiger partial charge in [-0.1, -0.05) is 54.6 Å². The van der Waals surface area contributed by atoms with Gasteiger partial charge in [-0.25, -0.2) is 8.42 Å². The summed E-state index contributed by atoms with van der Waals surface area (Å²) in [6, 6.07) is 25.0. The molecule has 1 unspecified atom stereocenters. The van der Waals surface area contributed by atoms with Crippen LogP contribution < -0.4 is 4.90 Å². The molecule has 1 aliphatic rings. The summed E-state index contributed by atoms with van der Waals surface area (Å²) < 4.78 is 26.0. The van der Waals surface area contributed by atoms with Crippen molar-refractivity contribution in [2.75, 3.05) is 10.7 Å². The summed E-state index contributed by atoms with van der Waals surface area (Å²) in [4.78, 5) is 15.3. The lowest BCUT2D eigenvalue weighted by Gasteiger charge is -2.24. The highest BCUT2D eigenvalue weighted by atomic mass is 32.2. The van der Waals surface area contributed by atoms with E-state index < -0.39 is 15.3 Å². The maximum atomic E-state index is 13.5. The van der Waals surface area contributed by atoms with Crippen LogP contribution in [0.1, 0.15) is 12.5 Å². The number of amides is 1. The maximum absolute atomic E-state index is 13.5. The Hall–Kier alpha value is -2.92. The number of rotatable bonds is 4. The second-order valence-electron chi connectivity index (χ2n) is 6.90. The fourth-order valence-electron chi connectivity index (χ4n) is 3.67. The van der Waals surface area contributed by atoms with Crippen molar-refractivity contribution in [3.05, 3.63) is 90.5 Å². The second-order valence-corrected chi connectivity index (χ2v) is 8.89. The van der Waals surface area contributed by atoms with Crippen LogP contribution in [0.5, 0.6) is 0 Å². The molecule has 0 saturated carbocycles. The van der Waals surface area contributed by atoms with Crippen LogP contribution in [0.25, 0.3) is 0 Å². The van der Waals surface area contributed by atoms with Crippen LogP contribution in [0.3, 0.4) is 0 Å². The van der Waals surface area contributed by atoms with Gasteiger partial charge in [0.15, 0.2) is 9.84 Å². The Morgan fingerprint density at radius 2 is 1.37 bits per heavy atom. The Labute approximate surface area is 159 Å². The molecule has 0 bridgehead atoms. The van der Waals surface area contributed by atoms with E-state index in [2.05, 4.69) is 0 Å². The largest absolute Gasteiger partial charge is 0.280 e. The van der Waals surface area contributed by atoms with Crippen LogP contribution in [-0.2, 0) is 20.0 Å². The van der Waals surface area contributed by atoms with Crippen LogP contribution in [0.15, 0.2) is 89.8 Å². The van der Waals surface area contributed by atoms with E-state index in [0.29, 0.717) is 0 Å². The SMILES string of the molecule is CC1(CS(=O)(=O)c2ccccc2)C(=O)N(c2ccccc2)c2ccccc21. The van der Waals surface area contributed by atoms with Gasteiger partial charge in [-0.3, -0.25) is 9.69 Å². The molecule has 1 heterocycles. The molecule has 1 aliphatic heterocycles. The van der Waals surface area contributed by atoms with Crippen molar-refractivity contribution in [1.82, 2.24) is 0 Å². The van der Waals surface area contributed by atoms with Gasteiger partial charge in [-0.2, -0.15) is 0 Å². The molecular formula is C22H19NO3S. The number of anilines is 2. The smallest absolute Gasteiger partial charge is 0.243 e. The zero-order chi connectivity index (χ0) is 19.1. The predicted octanol–water partition coefficient (Wildman–Crippen LogP) is 4.10. The van der Waals surface area contributed by atoms with Crippen molar-refractivity contribution in [1.29, 1.82) is 0 Å². The number of carbonyl (C=O) groups excluding carboxylic acids is 1. The van der Waals surface area contributed by atoms with Gasteiger partial charge >= 0.3 is 0 Å². The third kappa shape index (κ3) is 2.84. The first kappa shape index (κ1) is 17.5. The van der Waals surface area contributed by atoms with Crippen LogP contribution >= 0.6 is 0 Å². The molecule has 0 radical (unpaired) electrons. The molecule has 4 nitrogen and oxygen atoms in total. The van der Waals surface area contributed by atoms with Gasteiger partial charge in [0.25, 0.3) is 0 Å². The number of fused-ring (bicyclic) bond motifs is 1. The highest BCUT2D eigenvalue weighted by Crippen LogP contribution is 2.46. The van der Waals surface area contributed by atoms with Crippen LogP contribution in [0, 0.1) is 0 Å². The Morgan fingerprint density at radius 1 is 0.815 bits per heavy atom. The number of nitrogens with zero attached hydrogens (tertiary/aromatic N) is 1. The van der Waals surface area contributed by atoms with Crippen molar-refractivity contribution in [2.45, 2.75) is 17.2 Å². The molecule has 0 aromatic heterocycles. The topological polar surface area (TPSA) is 54.5 Å². The predicted molar refractivity (Wildman–Crippen MR) is 106 cm³/mol. The quantitative estimate of drug-likeness (QED) is 0.688. The molecule has 5 heteroatoms. The van der Waals surface area contributed by atoms with Gasteiger partial charge in [-0.05, 0) is 42.8 Å². The van der Waals surface area contributed by atoms with E-state index in [1.807, 2.05) is 54.6 Å². The van der Waals surface area contributed by atoms with Crippen molar-refractivity contribution in [3.8, 4) is 0 Å². The highest BCUT2D eigenvalue weighted by molar-refractivity contribution is 7.91. The van der Waals surface area contributed by atoms with Crippen molar-refractivity contribution in [3.63, 3.8) is 0 Å². The molecule has 1 atom stereocenters. The molecule has 27 heavy (non-hydrogen) atoms. The summed E-state index contributed by atoms with van der Waals surface area (Å²) in [5.41, 5.74) is 1.05. The molecular weight excluding hydrogens is 358 g/mol. The molecule has 1 amide bonds. The molecule has 0 saturated heterocycles. The zero-order valence-corrected chi connectivity index (χ0v) is 15.7. The average Bonchev–Trinajstić information content (AvgIpc) is 2.90. The summed E-state index contributed by atoms with van der Waals surface area (Å²) in [5.74, 6) is -0.502. The molecule has 0 spiro atoms. The van der Waals surface area contributed by atoms with Crippen molar-refractivity contribution >= 4 is 27.1 Å². The lowest BCUT2D eigenvalue weighted by Crippen LogP contribution is -2.41. The monoisotopic (exact) mass is 377 g/mol. The molecule has 0 fully saturated rings. The van der Waals surface area contributed by atoms with Gasteiger partial charge < -0.3 is 0 Å². The van der Waals surface area contributed by atoms with Crippen molar-refractivity contribution < 1.29 is 13.2 Å². The lowest BCUT2D eigenvalue weighted by atomic mass is 9.86. The minimum Gasteiger partial charge on any atom is -0.280 e. The van der Waals surface area contributed by atoms with Gasteiger partial charge in [0, 0.05) is 5.69 Å². The number of hydrogen-bond donors (Lipinski definition) is 0. The molecule has 136 valence electrons. The number of benzene rings is 3. The van der Waals surface area contributed by atoms with E-state index >= 15 is 0 Å². The van der Waals surface area contributed by atoms with E-state index in [4.69, 9.17) is 0 Å². The summed E-state index contributed by atoms with van der Waals surface area (Å²) in [7, 11) is -3.63. The Morgan fingerprint density at radius 3 is 2.04 bits per heavy atom. The molecule has 4 rings (SSSR count). The number of hydrogen-bond acceptors (Lipinski definition) is 3. The van der Waals surface area contributed by atoms with Crippen LogP contribution in [-0.4, -0.2) is 20.1 Å². The number of carbonyl (C=O) groups is 1. The minimum atomic E-state index is -3.63. The van der Waals surface area contributed by atoms with Gasteiger partial charge in [0.1, 0.15) is 0 Å². The number of para-hydroxylation sites is 2. The van der Waals surface area contributed by atoms with Gasteiger partial charge in [-0.15, -0.1) is 0 Å². The standard InChI is InChI=1S/C22H19NO3S/c1-22(16-27(25,26)18-12-6-3-7-13-18)19-14-8-9-15-20(19)23(21(22)24)17-10-4-2-5-11-17/h2-15H,16H2,1H3. The normalized spacial score (nSPS) is 19.1. The lowest BCUT2D eigenvalue weighted by molar-refractivity contribution is -0.121. The van der Waals surface area contributed by atoms with E-state index in [1.54, 1.807) is 42.2 Å².